The highest BCUT2D eigenvalue weighted by molar-refractivity contribution is 6.31. The molecule has 2 aromatic carbocycles. The van der Waals surface area contributed by atoms with Crippen molar-refractivity contribution < 1.29 is 31.9 Å². The summed E-state index contributed by atoms with van der Waals surface area (Å²) >= 11 is 5.58. The highest BCUT2D eigenvalue weighted by Gasteiger charge is 2.69. The van der Waals surface area contributed by atoms with Crippen LogP contribution in [-0.2, 0) is 4.79 Å². The molecule has 1 atom stereocenters. The van der Waals surface area contributed by atoms with E-state index in [2.05, 4.69) is 0 Å². The van der Waals surface area contributed by atoms with Crippen LogP contribution in [0.5, 0.6) is 0 Å². The van der Waals surface area contributed by atoms with Crippen molar-refractivity contribution >= 4 is 35.1 Å². The Labute approximate surface area is 160 Å². The van der Waals surface area contributed by atoms with Gasteiger partial charge in [-0.15, -0.1) is 0 Å². The molecule has 2 N–H and O–H groups in total. The van der Waals surface area contributed by atoms with Gasteiger partial charge in [-0.25, -0.2) is 14.1 Å². The minimum absolute atomic E-state index is 0.129. The molecule has 6 nitrogen and oxygen atoms in total. The van der Waals surface area contributed by atoms with E-state index in [0.29, 0.717) is 0 Å². The molecule has 0 bridgehead atoms. The summed E-state index contributed by atoms with van der Waals surface area (Å²) in [5, 5.41) is 2.54. The molecule has 1 aliphatic rings. The number of urea groups is 1. The number of rotatable bonds is 3. The number of imide groups is 1. The van der Waals surface area contributed by atoms with E-state index in [1.807, 2.05) is 0 Å². The molecule has 146 valence electrons. The van der Waals surface area contributed by atoms with Crippen LogP contribution in [0.15, 0.2) is 48.5 Å². The van der Waals surface area contributed by atoms with Crippen molar-refractivity contribution in [1.82, 2.24) is 10.6 Å². The van der Waals surface area contributed by atoms with Crippen molar-refractivity contribution in [3.05, 3.63) is 64.9 Å². The topological polar surface area (TPSA) is 78.5 Å². The molecule has 3 rings (SSSR count). The fourth-order valence-electron chi connectivity index (χ4n) is 2.57. The zero-order chi connectivity index (χ0) is 20.7. The van der Waals surface area contributed by atoms with Gasteiger partial charge in [0.1, 0.15) is 5.82 Å². The first-order valence-electron chi connectivity index (χ1n) is 7.63. The van der Waals surface area contributed by atoms with E-state index < -0.39 is 46.2 Å². The van der Waals surface area contributed by atoms with Gasteiger partial charge in [-0.05, 0) is 30.3 Å². The third kappa shape index (κ3) is 3.15. The summed E-state index contributed by atoms with van der Waals surface area (Å²) in [5.74, 6) is -3.93. The quantitative estimate of drug-likeness (QED) is 0.597. The normalized spacial score (nSPS) is 19.5. The molecule has 0 radical (unpaired) electrons. The predicted octanol–water partition coefficient (Wildman–Crippen LogP) is 3.22. The first-order valence-corrected chi connectivity index (χ1v) is 8.00. The Hall–Kier alpha value is -3.14. The van der Waals surface area contributed by atoms with Gasteiger partial charge in [0, 0.05) is 5.56 Å². The van der Waals surface area contributed by atoms with Crippen LogP contribution in [-0.4, -0.2) is 29.7 Å². The maximum atomic E-state index is 13.8. The van der Waals surface area contributed by atoms with Gasteiger partial charge in [-0.1, -0.05) is 29.8 Å². The summed E-state index contributed by atoms with van der Waals surface area (Å²) in [5.41, 5.74) is -4.25. The van der Waals surface area contributed by atoms with Gasteiger partial charge >= 0.3 is 12.2 Å². The largest absolute Gasteiger partial charge is 0.440 e. The Morgan fingerprint density at radius 1 is 1.11 bits per heavy atom. The van der Waals surface area contributed by atoms with E-state index in [1.54, 1.807) is 11.4 Å². The summed E-state index contributed by atoms with van der Waals surface area (Å²) in [7, 11) is 0. The lowest BCUT2D eigenvalue weighted by molar-refractivity contribution is -0.197. The number of amides is 4. The minimum atomic E-state index is -5.37. The molecule has 0 spiro atoms. The van der Waals surface area contributed by atoms with Crippen molar-refractivity contribution in [2.24, 2.45) is 0 Å². The number of hydrogen-bond acceptors (Lipinski definition) is 3. The molecule has 1 saturated heterocycles. The van der Waals surface area contributed by atoms with Crippen molar-refractivity contribution in [3.8, 4) is 0 Å². The van der Waals surface area contributed by atoms with Crippen molar-refractivity contribution in [2.75, 3.05) is 4.90 Å². The number of hydrogen-bond donors (Lipinski definition) is 2. The maximum absolute atomic E-state index is 13.8. The minimum Gasteiger partial charge on any atom is -0.314 e. The van der Waals surface area contributed by atoms with Crippen LogP contribution in [0, 0.1) is 5.82 Å². The lowest BCUT2D eigenvalue weighted by atomic mass is 10.1. The number of carbonyl (C=O) groups excluding carboxylic acids is 3. The van der Waals surface area contributed by atoms with Crippen LogP contribution in [0.3, 0.4) is 0 Å². The van der Waals surface area contributed by atoms with Crippen molar-refractivity contribution in [1.29, 1.82) is 0 Å². The zero-order valence-electron chi connectivity index (χ0n) is 13.7. The third-order valence-corrected chi connectivity index (χ3v) is 4.23. The third-order valence-electron chi connectivity index (χ3n) is 3.95. The van der Waals surface area contributed by atoms with Gasteiger partial charge in [0.05, 0.1) is 10.7 Å². The van der Waals surface area contributed by atoms with Gasteiger partial charge in [0.25, 0.3) is 17.5 Å². The summed E-state index contributed by atoms with van der Waals surface area (Å²) in [6.07, 6.45) is -5.37. The number of nitrogens with one attached hydrogen (secondary N) is 2. The molecule has 1 aliphatic heterocycles. The van der Waals surface area contributed by atoms with Crippen LogP contribution in [0.4, 0.5) is 28.0 Å². The van der Waals surface area contributed by atoms with E-state index in [-0.39, 0.29) is 10.5 Å². The number of alkyl halides is 3. The molecular formula is C17H10ClF4N3O3. The molecule has 1 fully saturated rings. The molecule has 2 aromatic rings. The highest BCUT2D eigenvalue weighted by atomic mass is 35.5. The summed E-state index contributed by atoms with van der Waals surface area (Å²) in [6, 6.07) is 7.89. The number of nitrogens with zero attached hydrogens (tertiary/aromatic N) is 1. The molecule has 0 aliphatic carbocycles. The first-order chi connectivity index (χ1) is 13.1. The van der Waals surface area contributed by atoms with E-state index in [1.165, 1.54) is 29.6 Å². The monoisotopic (exact) mass is 415 g/mol. The van der Waals surface area contributed by atoms with Gasteiger partial charge in [0.15, 0.2) is 0 Å². The van der Waals surface area contributed by atoms with E-state index in [4.69, 9.17) is 11.6 Å². The number of benzene rings is 2. The van der Waals surface area contributed by atoms with Crippen LogP contribution in [0.1, 0.15) is 10.4 Å². The molecule has 1 heterocycles. The Morgan fingerprint density at radius 3 is 2.32 bits per heavy atom. The predicted molar refractivity (Wildman–Crippen MR) is 90.1 cm³/mol. The molecule has 11 heteroatoms. The average Bonchev–Trinajstić information content (AvgIpc) is 2.89. The van der Waals surface area contributed by atoms with Crippen LogP contribution in [0.25, 0.3) is 0 Å². The highest BCUT2D eigenvalue weighted by Crippen LogP contribution is 2.36. The van der Waals surface area contributed by atoms with Crippen LogP contribution >= 0.6 is 11.6 Å². The van der Waals surface area contributed by atoms with Gasteiger partial charge in [-0.2, -0.15) is 13.2 Å². The first kappa shape index (κ1) is 19.6. The fraction of sp³-hybridized carbons (Fsp3) is 0.118. The summed E-state index contributed by atoms with van der Waals surface area (Å²) in [4.78, 5) is 37.2. The fourth-order valence-corrected chi connectivity index (χ4v) is 2.74. The second-order valence-corrected chi connectivity index (χ2v) is 6.14. The van der Waals surface area contributed by atoms with Gasteiger partial charge in [0.2, 0.25) is 0 Å². The zero-order valence-corrected chi connectivity index (χ0v) is 14.4. The second-order valence-electron chi connectivity index (χ2n) is 5.74. The lowest BCUT2D eigenvalue weighted by Crippen LogP contribution is -2.69. The van der Waals surface area contributed by atoms with Gasteiger partial charge in [-0.3, -0.25) is 14.9 Å². The van der Waals surface area contributed by atoms with Crippen molar-refractivity contribution in [3.63, 3.8) is 0 Å². The average molecular weight is 416 g/mol. The van der Waals surface area contributed by atoms with E-state index in [9.17, 15) is 31.9 Å². The summed E-state index contributed by atoms with van der Waals surface area (Å²) < 4.78 is 54.7. The number of anilines is 1. The maximum Gasteiger partial charge on any atom is 0.440 e. The van der Waals surface area contributed by atoms with Gasteiger partial charge < -0.3 is 5.32 Å². The Kier molecular flexibility index (Phi) is 4.76. The molecule has 4 amide bonds. The second kappa shape index (κ2) is 6.79. The van der Waals surface area contributed by atoms with Crippen LogP contribution in [0.2, 0.25) is 5.02 Å². The molecule has 0 saturated carbocycles. The van der Waals surface area contributed by atoms with Crippen molar-refractivity contribution in [2.45, 2.75) is 11.8 Å². The Balaban J connectivity index is 2.02. The SMILES string of the molecule is O=C(N[C@]1(C(F)(F)F)NC(=O)N(c2ccc(F)c(Cl)c2)C1=O)c1ccccc1. The molecular weight excluding hydrogens is 406 g/mol. The van der Waals surface area contributed by atoms with Crippen LogP contribution < -0.4 is 15.5 Å². The van der Waals surface area contributed by atoms with E-state index in [0.717, 1.165) is 18.2 Å². The standard InChI is InChI=1S/C17H10ClF4N3O3/c18-11-8-10(6-7-12(11)19)25-14(27)16(17(20,21)22,24-15(25)28)23-13(26)9-4-2-1-3-5-9/h1-8H,(H,23,26)(H,24,28)/t16-/m0/s1. The number of carbonyl (C=O) groups is 3. The molecule has 28 heavy (non-hydrogen) atoms. The smallest absolute Gasteiger partial charge is 0.314 e. The molecule has 0 aromatic heterocycles. The molecule has 0 unspecified atom stereocenters. The lowest BCUT2D eigenvalue weighted by Gasteiger charge is -2.29. The summed E-state index contributed by atoms with van der Waals surface area (Å²) in [6.45, 7) is 0. The number of halogens is 5. The van der Waals surface area contributed by atoms with E-state index >= 15 is 0 Å². The Morgan fingerprint density at radius 2 is 1.75 bits per heavy atom. The Bertz CT molecular complexity index is 968.